The molecule has 0 radical (unpaired) electrons. The molecule has 0 aromatic heterocycles. The third-order valence-corrected chi connectivity index (χ3v) is 5.00. The summed E-state index contributed by atoms with van der Waals surface area (Å²) in [5.41, 5.74) is 5.62. The first kappa shape index (κ1) is 15.0. The molecular formula is C19H21N3O2. The maximum absolute atomic E-state index is 10.9. The molecule has 0 fully saturated rings. The Balaban J connectivity index is 2.19. The molecule has 0 saturated heterocycles. The highest BCUT2D eigenvalue weighted by Gasteiger charge is 2.37. The minimum atomic E-state index is -0.0796. The molecule has 0 spiro atoms. The van der Waals surface area contributed by atoms with Crippen molar-refractivity contribution < 1.29 is 10.4 Å². The van der Waals surface area contributed by atoms with Crippen LogP contribution in [-0.2, 0) is 12.8 Å². The van der Waals surface area contributed by atoms with Gasteiger partial charge in [-0.2, -0.15) is 4.73 Å². The first-order valence-electron chi connectivity index (χ1n) is 8.32. The minimum absolute atomic E-state index is 0.0796. The number of fused-ring (bicyclic) bond motifs is 5. The van der Waals surface area contributed by atoms with Crippen LogP contribution in [0.1, 0.15) is 44.1 Å². The van der Waals surface area contributed by atoms with E-state index in [2.05, 4.69) is 19.0 Å². The van der Waals surface area contributed by atoms with Crippen molar-refractivity contribution in [1.82, 2.24) is 9.71 Å². The number of pyridine rings is 1. The lowest BCUT2D eigenvalue weighted by atomic mass is 9.74. The first-order valence-corrected chi connectivity index (χ1v) is 8.32. The standard InChI is InChI=1S/C19H21N3O2/c1-4-14-16-11-7-5-6-8-12(11)20-18(16)17-13(21-23)9-19(2,3)10-15(17)22(14)24/h5-8,23-24H,4,9-10H2,1-3H3/b21-13+. The van der Waals surface area contributed by atoms with Crippen molar-refractivity contribution in [2.75, 3.05) is 0 Å². The van der Waals surface area contributed by atoms with Gasteiger partial charge in [-0.1, -0.05) is 44.1 Å². The van der Waals surface area contributed by atoms with E-state index < -0.39 is 0 Å². The molecule has 2 heterocycles. The van der Waals surface area contributed by atoms with Crippen molar-refractivity contribution in [3.05, 3.63) is 41.2 Å². The van der Waals surface area contributed by atoms with E-state index in [9.17, 15) is 10.4 Å². The molecule has 0 bridgehead atoms. The molecule has 124 valence electrons. The molecule has 5 nitrogen and oxygen atoms in total. The van der Waals surface area contributed by atoms with Gasteiger partial charge in [0, 0.05) is 16.5 Å². The molecule has 4 rings (SSSR count). The normalized spacial score (nSPS) is 18.4. The average molecular weight is 323 g/mol. The third-order valence-electron chi connectivity index (χ3n) is 5.00. The fourth-order valence-corrected chi connectivity index (χ4v) is 4.01. The van der Waals surface area contributed by atoms with Crippen molar-refractivity contribution in [2.24, 2.45) is 10.6 Å². The Kier molecular flexibility index (Phi) is 3.10. The quantitative estimate of drug-likeness (QED) is 0.402. The van der Waals surface area contributed by atoms with E-state index >= 15 is 0 Å². The van der Waals surface area contributed by atoms with Crippen molar-refractivity contribution in [3.8, 4) is 11.3 Å². The minimum Gasteiger partial charge on any atom is -0.428 e. The Morgan fingerprint density at radius 2 is 1.96 bits per heavy atom. The monoisotopic (exact) mass is 323 g/mol. The highest BCUT2D eigenvalue weighted by molar-refractivity contribution is 6.12. The Bertz CT molecular complexity index is 953. The first-order chi connectivity index (χ1) is 11.5. The maximum Gasteiger partial charge on any atom is 0.0914 e. The van der Waals surface area contributed by atoms with Crippen LogP contribution in [0.4, 0.5) is 0 Å². The van der Waals surface area contributed by atoms with Crippen molar-refractivity contribution in [1.29, 1.82) is 0 Å². The van der Waals surface area contributed by atoms with Gasteiger partial charge in [-0.05, 0) is 30.7 Å². The summed E-state index contributed by atoms with van der Waals surface area (Å²) < 4.78 is 1.30. The molecule has 24 heavy (non-hydrogen) atoms. The number of hydrogen-bond acceptors (Lipinski definition) is 4. The molecule has 2 aliphatic heterocycles. The summed E-state index contributed by atoms with van der Waals surface area (Å²) in [4.78, 5) is 4.81. The zero-order valence-electron chi connectivity index (χ0n) is 14.2. The van der Waals surface area contributed by atoms with E-state index in [0.29, 0.717) is 25.0 Å². The molecular weight excluding hydrogens is 302 g/mol. The van der Waals surface area contributed by atoms with Gasteiger partial charge in [-0.15, -0.1) is 0 Å². The maximum atomic E-state index is 10.9. The van der Waals surface area contributed by atoms with Crippen molar-refractivity contribution >= 4 is 16.6 Å². The smallest absolute Gasteiger partial charge is 0.0914 e. The number of aromatic nitrogens is 2. The van der Waals surface area contributed by atoms with E-state index in [4.69, 9.17) is 4.98 Å². The van der Waals surface area contributed by atoms with E-state index in [1.54, 1.807) is 0 Å². The number of oxime groups is 1. The summed E-state index contributed by atoms with van der Waals surface area (Å²) in [5.74, 6) is 0. The molecule has 0 amide bonds. The summed E-state index contributed by atoms with van der Waals surface area (Å²) in [5, 5.41) is 25.1. The van der Waals surface area contributed by atoms with Crippen LogP contribution < -0.4 is 0 Å². The molecule has 1 aromatic rings. The molecule has 0 saturated carbocycles. The van der Waals surface area contributed by atoms with Gasteiger partial charge < -0.3 is 10.4 Å². The Labute approximate surface area is 140 Å². The predicted molar refractivity (Wildman–Crippen MR) is 93.3 cm³/mol. The number of hydrogen-bond donors (Lipinski definition) is 2. The largest absolute Gasteiger partial charge is 0.428 e. The van der Waals surface area contributed by atoms with Crippen LogP contribution in [-0.4, -0.2) is 25.8 Å². The van der Waals surface area contributed by atoms with Crippen molar-refractivity contribution in [2.45, 2.75) is 40.0 Å². The van der Waals surface area contributed by atoms with E-state index in [0.717, 1.165) is 39.1 Å². The summed E-state index contributed by atoms with van der Waals surface area (Å²) in [7, 11) is 0. The third kappa shape index (κ3) is 1.94. The van der Waals surface area contributed by atoms with E-state index in [-0.39, 0.29) is 5.41 Å². The summed E-state index contributed by atoms with van der Waals surface area (Å²) in [6.07, 6.45) is 2.06. The fourth-order valence-electron chi connectivity index (χ4n) is 4.01. The van der Waals surface area contributed by atoms with Crippen LogP contribution in [0.25, 0.3) is 22.2 Å². The molecule has 0 unspecified atom stereocenters. The molecule has 0 atom stereocenters. The van der Waals surface area contributed by atoms with Gasteiger partial charge in [0.05, 0.1) is 28.3 Å². The Morgan fingerprint density at radius 3 is 2.67 bits per heavy atom. The Hall–Kier alpha value is -2.56. The van der Waals surface area contributed by atoms with Gasteiger partial charge >= 0.3 is 0 Å². The highest BCUT2D eigenvalue weighted by Crippen LogP contribution is 2.44. The molecule has 1 aromatic carbocycles. The van der Waals surface area contributed by atoms with Gasteiger partial charge in [0.1, 0.15) is 0 Å². The van der Waals surface area contributed by atoms with E-state index in [1.807, 2.05) is 31.2 Å². The second-order valence-electron chi connectivity index (χ2n) is 7.35. The second-order valence-corrected chi connectivity index (χ2v) is 7.35. The number of benzene rings is 1. The molecule has 2 N–H and O–H groups in total. The topological polar surface area (TPSA) is 70.6 Å². The lowest BCUT2D eigenvalue weighted by molar-refractivity contribution is 0.156. The molecule has 5 heteroatoms. The molecule has 1 aliphatic carbocycles. The van der Waals surface area contributed by atoms with Gasteiger partial charge in [0.15, 0.2) is 0 Å². The summed E-state index contributed by atoms with van der Waals surface area (Å²) in [6, 6.07) is 7.95. The predicted octanol–water partition coefficient (Wildman–Crippen LogP) is 4.09. The average Bonchev–Trinajstić information content (AvgIpc) is 2.93. The Morgan fingerprint density at radius 1 is 1.21 bits per heavy atom. The number of nitrogens with zero attached hydrogens (tertiary/aromatic N) is 3. The van der Waals surface area contributed by atoms with Gasteiger partial charge in [-0.3, -0.25) is 0 Å². The lowest BCUT2D eigenvalue weighted by Crippen LogP contribution is -2.32. The van der Waals surface area contributed by atoms with Gasteiger partial charge in [-0.25, -0.2) is 4.98 Å². The van der Waals surface area contributed by atoms with Crippen molar-refractivity contribution in [3.63, 3.8) is 0 Å². The highest BCUT2D eigenvalue weighted by atomic mass is 16.5. The SMILES string of the molecule is CCc1c2c3ccccc3nc-2c2c(n1O)CC(C)(C)C/C2=N\O. The summed E-state index contributed by atoms with van der Waals surface area (Å²) >= 11 is 0. The van der Waals surface area contributed by atoms with Crippen LogP contribution in [0.5, 0.6) is 0 Å². The van der Waals surface area contributed by atoms with E-state index in [1.165, 1.54) is 4.73 Å². The zero-order chi connectivity index (χ0) is 17.1. The second kappa shape index (κ2) is 4.97. The van der Waals surface area contributed by atoms with Gasteiger partial charge in [0.2, 0.25) is 0 Å². The van der Waals surface area contributed by atoms with Crippen LogP contribution >= 0.6 is 0 Å². The van der Waals surface area contributed by atoms with Crippen LogP contribution in [0.3, 0.4) is 0 Å². The molecule has 3 aliphatic rings. The zero-order valence-corrected chi connectivity index (χ0v) is 14.2. The summed E-state index contributed by atoms with van der Waals surface area (Å²) in [6.45, 7) is 6.27. The number of rotatable bonds is 1. The number of para-hydroxylation sites is 1. The van der Waals surface area contributed by atoms with Crippen LogP contribution in [0, 0.1) is 5.41 Å². The van der Waals surface area contributed by atoms with Crippen LogP contribution in [0.15, 0.2) is 29.4 Å². The van der Waals surface area contributed by atoms with Crippen LogP contribution in [0.2, 0.25) is 0 Å². The van der Waals surface area contributed by atoms with Gasteiger partial charge in [0.25, 0.3) is 0 Å². The fraction of sp³-hybridized carbons (Fsp3) is 0.368. The lowest BCUT2D eigenvalue weighted by Gasteiger charge is -2.34.